The summed E-state index contributed by atoms with van der Waals surface area (Å²) in [4.78, 5) is 13.1. The molecule has 1 heterocycles. The smallest absolute Gasteiger partial charge is 0.200 e. The molecule has 3 aromatic carbocycles. The number of hydrogen-bond donors (Lipinski definition) is 0. The van der Waals surface area contributed by atoms with E-state index in [0.717, 1.165) is 21.3 Å². The lowest BCUT2D eigenvalue weighted by Gasteiger charge is -2.10. The van der Waals surface area contributed by atoms with Gasteiger partial charge in [-0.25, -0.2) is 0 Å². The van der Waals surface area contributed by atoms with Gasteiger partial charge in [0.05, 0.1) is 18.1 Å². The molecule has 4 nitrogen and oxygen atoms in total. The number of fused-ring (bicyclic) bond motifs is 1. The lowest BCUT2D eigenvalue weighted by molar-refractivity contribution is 0.306. The molecule has 146 valence electrons. The molecule has 4 rings (SSSR count). The predicted molar refractivity (Wildman–Crippen MR) is 118 cm³/mol. The van der Waals surface area contributed by atoms with Crippen molar-refractivity contribution in [2.45, 2.75) is 13.5 Å². The van der Waals surface area contributed by atoms with Crippen LogP contribution in [0.25, 0.3) is 22.1 Å². The summed E-state index contributed by atoms with van der Waals surface area (Å²) in [6, 6.07) is 20.6. The van der Waals surface area contributed by atoms with E-state index in [0.29, 0.717) is 34.6 Å². The molecule has 0 radical (unpaired) electrons. The number of aryl methyl sites for hydroxylation is 1. The van der Waals surface area contributed by atoms with Crippen LogP contribution in [0.1, 0.15) is 11.3 Å². The van der Waals surface area contributed by atoms with Crippen LogP contribution in [0.2, 0.25) is 0 Å². The van der Waals surface area contributed by atoms with E-state index in [2.05, 4.69) is 15.9 Å². The molecule has 5 heteroatoms. The molecule has 0 saturated heterocycles. The van der Waals surface area contributed by atoms with Gasteiger partial charge in [0.15, 0.2) is 0 Å². The van der Waals surface area contributed by atoms with Gasteiger partial charge in [0.25, 0.3) is 0 Å². The van der Waals surface area contributed by atoms with Crippen LogP contribution in [0, 0.1) is 6.92 Å². The van der Waals surface area contributed by atoms with Crippen LogP contribution >= 0.6 is 15.9 Å². The molecule has 0 spiro atoms. The molecule has 29 heavy (non-hydrogen) atoms. The summed E-state index contributed by atoms with van der Waals surface area (Å²) in [5.74, 6) is 2.03. The minimum atomic E-state index is -0.0484. The quantitative estimate of drug-likeness (QED) is 0.367. The van der Waals surface area contributed by atoms with E-state index in [1.807, 2.05) is 55.5 Å². The second-order valence-corrected chi connectivity index (χ2v) is 7.58. The summed E-state index contributed by atoms with van der Waals surface area (Å²) in [7, 11) is 1.64. The highest BCUT2D eigenvalue weighted by atomic mass is 79.9. The van der Waals surface area contributed by atoms with Crippen molar-refractivity contribution in [2.24, 2.45) is 0 Å². The number of halogens is 1. The summed E-state index contributed by atoms with van der Waals surface area (Å²) >= 11 is 3.42. The fraction of sp³-hybridized carbons (Fsp3) is 0.125. The fourth-order valence-corrected chi connectivity index (χ4v) is 3.48. The zero-order valence-corrected chi connectivity index (χ0v) is 17.7. The SMILES string of the molecule is COc1ccc(COc2ccc3c(=O)c(-c4ccc(Br)cc4)c(C)oc3c2)cc1. The number of methoxy groups -OCH3 is 1. The highest BCUT2D eigenvalue weighted by Gasteiger charge is 2.14. The van der Waals surface area contributed by atoms with Crippen molar-refractivity contribution in [2.75, 3.05) is 7.11 Å². The standard InChI is InChI=1S/C24H19BrO4/c1-15-23(17-5-7-18(25)8-6-17)24(26)21-12-11-20(13-22(21)29-15)28-14-16-3-9-19(27-2)10-4-16/h3-13H,14H2,1-2H3. The molecule has 0 atom stereocenters. The first kappa shape index (κ1) is 19.3. The summed E-state index contributed by atoms with van der Waals surface area (Å²) in [5.41, 5.74) is 2.90. The van der Waals surface area contributed by atoms with E-state index in [9.17, 15) is 4.79 Å². The predicted octanol–water partition coefficient (Wildman–Crippen LogP) is 6.12. The third-order valence-corrected chi connectivity index (χ3v) is 5.27. The van der Waals surface area contributed by atoms with E-state index < -0.39 is 0 Å². The van der Waals surface area contributed by atoms with Gasteiger partial charge in [-0.1, -0.05) is 40.2 Å². The summed E-state index contributed by atoms with van der Waals surface area (Å²) in [5, 5.41) is 0.533. The van der Waals surface area contributed by atoms with Gasteiger partial charge >= 0.3 is 0 Å². The van der Waals surface area contributed by atoms with Crippen LogP contribution in [0.15, 0.2) is 80.4 Å². The lowest BCUT2D eigenvalue weighted by atomic mass is 10.0. The second kappa shape index (κ2) is 8.13. The monoisotopic (exact) mass is 450 g/mol. The molecule has 0 aliphatic rings. The van der Waals surface area contributed by atoms with Gasteiger partial charge in [0.2, 0.25) is 5.43 Å². The number of rotatable bonds is 5. The molecular weight excluding hydrogens is 432 g/mol. The Labute approximate surface area is 176 Å². The topological polar surface area (TPSA) is 48.7 Å². The maximum Gasteiger partial charge on any atom is 0.200 e. The molecule has 0 aliphatic carbocycles. The van der Waals surface area contributed by atoms with Crippen molar-refractivity contribution in [3.05, 3.63) is 92.7 Å². The van der Waals surface area contributed by atoms with E-state index >= 15 is 0 Å². The number of hydrogen-bond acceptors (Lipinski definition) is 4. The fourth-order valence-electron chi connectivity index (χ4n) is 3.21. The Balaban J connectivity index is 1.63. The van der Waals surface area contributed by atoms with Gasteiger partial charge in [-0.05, 0) is 54.4 Å². The highest BCUT2D eigenvalue weighted by molar-refractivity contribution is 9.10. The molecule has 0 aliphatic heterocycles. The molecule has 0 fully saturated rings. The zero-order chi connectivity index (χ0) is 20.4. The van der Waals surface area contributed by atoms with Crippen LogP contribution in [-0.2, 0) is 6.61 Å². The maximum atomic E-state index is 13.1. The highest BCUT2D eigenvalue weighted by Crippen LogP contribution is 2.27. The number of ether oxygens (including phenoxy) is 2. The van der Waals surface area contributed by atoms with Crippen LogP contribution < -0.4 is 14.9 Å². The molecule has 0 unspecified atom stereocenters. The Bertz CT molecular complexity index is 1210. The van der Waals surface area contributed by atoms with Crippen molar-refractivity contribution < 1.29 is 13.9 Å². The van der Waals surface area contributed by atoms with Gasteiger partial charge in [-0.2, -0.15) is 0 Å². The van der Waals surface area contributed by atoms with Crippen LogP contribution in [0.5, 0.6) is 11.5 Å². The Hall–Kier alpha value is -3.05. The summed E-state index contributed by atoms with van der Waals surface area (Å²) in [6.45, 7) is 2.22. The summed E-state index contributed by atoms with van der Waals surface area (Å²) < 4.78 is 18.0. The molecule has 0 N–H and O–H groups in total. The second-order valence-electron chi connectivity index (χ2n) is 6.66. The average Bonchev–Trinajstić information content (AvgIpc) is 2.73. The van der Waals surface area contributed by atoms with Crippen LogP contribution in [-0.4, -0.2) is 7.11 Å². The van der Waals surface area contributed by atoms with Gasteiger partial charge in [0.1, 0.15) is 29.4 Å². The molecular formula is C24H19BrO4. The minimum absolute atomic E-state index is 0.0484. The van der Waals surface area contributed by atoms with Crippen molar-refractivity contribution >= 4 is 26.9 Å². The van der Waals surface area contributed by atoms with Crippen molar-refractivity contribution in [1.29, 1.82) is 0 Å². The Kier molecular flexibility index (Phi) is 5.41. The van der Waals surface area contributed by atoms with Gasteiger partial charge < -0.3 is 13.9 Å². The summed E-state index contributed by atoms with van der Waals surface area (Å²) in [6.07, 6.45) is 0. The molecule has 1 aromatic heterocycles. The van der Waals surface area contributed by atoms with E-state index in [-0.39, 0.29) is 5.43 Å². The largest absolute Gasteiger partial charge is 0.497 e. The number of benzene rings is 3. The van der Waals surface area contributed by atoms with Crippen molar-refractivity contribution in [3.63, 3.8) is 0 Å². The van der Waals surface area contributed by atoms with E-state index in [1.54, 1.807) is 25.3 Å². The van der Waals surface area contributed by atoms with Crippen LogP contribution in [0.3, 0.4) is 0 Å². The van der Waals surface area contributed by atoms with Gasteiger partial charge in [-0.3, -0.25) is 4.79 Å². The first-order chi connectivity index (χ1) is 14.0. The van der Waals surface area contributed by atoms with Crippen molar-refractivity contribution in [3.8, 4) is 22.6 Å². The molecule has 0 bridgehead atoms. The van der Waals surface area contributed by atoms with Gasteiger partial charge in [0, 0.05) is 10.5 Å². The normalized spacial score (nSPS) is 10.9. The molecule has 4 aromatic rings. The van der Waals surface area contributed by atoms with Crippen molar-refractivity contribution in [1.82, 2.24) is 0 Å². The average molecular weight is 451 g/mol. The molecule has 0 saturated carbocycles. The first-order valence-corrected chi connectivity index (χ1v) is 9.93. The minimum Gasteiger partial charge on any atom is -0.497 e. The zero-order valence-electron chi connectivity index (χ0n) is 16.1. The van der Waals surface area contributed by atoms with E-state index in [1.165, 1.54) is 0 Å². The maximum absolute atomic E-state index is 13.1. The Morgan fingerprint density at radius 2 is 1.62 bits per heavy atom. The third kappa shape index (κ3) is 4.05. The van der Waals surface area contributed by atoms with Crippen LogP contribution in [0.4, 0.5) is 0 Å². The van der Waals surface area contributed by atoms with E-state index in [4.69, 9.17) is 13.9 Å². The lowest BCUT2D eigenvalue weighted by Crippen LogP contribution is -2.07. The van der Waals surface area contributed by atoms with Gasteiger partial charge in [-0.15, -0.1) is 0 Å². The first-order valence-electron chi connectivity index (χ1n) is 9.14. The Morgan fingerprint density at radius 1 is 0.931 bits per heavy atom. The third-order valence-electron chi connectivity index (χ3n) is 4.74. The Morgan fingerprint density at radius 3 is 2.31 bits per heavy atom. The molecule has 0 amide bonds.